The zero-order valence-corrected chi connectivity index (χ0v) is 17.0. The smallest absolute Gasteiger partial charge is 0.229 e. The Morgan fingerprint density at radius 2 is 1.83 bits per heavy atom. The molecule has 152 valence electrons. The Morgan fingerprint density at radius 3 is 2.48 bits per heavy atom. The van der Waals surface area contributed by atoms with Crippen molar-refractivity contribution in [1.82, 2.24) is 9.97 Å². The van der Waals surface area contributed by atoms with Gasteiger partial charge in [0.1, 0.15) is 5.75 Å². The van der Waals surface area contributed by atoms with Crippen LogP contribution in [-0.2, 0) is 10.0 Å². The van der Waals surface area contributed by atoms with E-state index in [4.69, 9.17) is 16.3 Å². The van der Waals surface area contributed by atoms with Crippen molar-refractivity contribution in [3.63, 3.8) is 0 Å². The van der Waals surface area contributed by atoms with Crippen molar-refractivity contribution >= 4 is 50.5 Å². The summed E-state index contributed by atoms with van der Waals surface area (Å²) in [6.07, 6.45) is 2.02. The number of benzene rings is 2. The number of para-hydroxylation sites is 2. The van der Waals surface area contributed by atoms with Gasteiger partial charge in [0, 0.05) is 5.69 Å². The lowest BCUT2D eigenvalue weighted by molar-refractivity contribution is 0.415. The number of nitrogens with one attached hydrogen (secondary N) is 3. The van der Waals surface area contributed by atoms with Gasteiger partial charge in [-0.05, 0) is 30.3 Å². The number of rotatable bonds is 7. The average Bonchev–Trinajstić information content (AvgIpc) is 2.65. The van der Waals surface area contributed by atoms with E-state index in [2.05, 4.69) is 25.3 Å². The van der Waals surface area contributed by atoms with E-state index in [1.165, 1.54) is 7.11 Å². The third kappa shape index (κ3) is 5.46. The fourth-order valence-corrected chi connectivity index (χ4v) is 3.23. The highest BCUT2D eigenvalue weighted by Gasteiger charge is 2.12. The van der Waals surface area contributed by atoms with E-state index in [1.54, 1.807) is 42.5 Å². The van der Waals surface area contributed by atoms with Crippen LogP contribution in [0.4, 0.5) is 33.2 Å². The Labute approximate surface area is 172 Å². The minimum Gasteiger partial charge on any atom is -0.495 e. The number of nitrogens with zero attached hydrogens (tertiary/aromatic N) is 2. The fraction of sp³-hybridized carbons (Fsp3) is 0.111. The molecule has 0 atom stereocenters. The highest BCUT2D eigenvalue weighted by atomic mass is 35.5. The molecule has 1 aromatic heterocycles. The third-order valence-corrected chi connectivity index (χ3v) is 4.51. The molecule has 0 spiro atoms. The minimum absolute atomic E-state index is 0.115. The molecular formula is C18H17ClFN5O3S. The molecule has 2 aromatic carbocycles. The summed E-state index contributed by atoms with van der Waals surface area (Å²) < 4.78 is 44.8. The van der Waals surface area contributed by atoms with Crippen molar-refractivity contribution in [3.8, 4) is 5.75 Å². The molecule has 0 aliphatic rings. The molecule has 0 radical (unpaired) electrons. The Bertz CT molecular complexity index is 1140. The van der Waals surface area contributed by atoms with E-state index in [0.717, 1.165) is 12.5 Å². The van der Waals surface area contributed by atoms with Crippen LogP contribution in [0.15, 0.2) is 48.7 Å². The first-order valence-corrected chi connectivity index (χ1v) is 10.5. The molecule has 0 fully saturated rings. The van der Waals surface area contributed by atoms with Gasteiger partial charge in [-0.1, -0.05) is 23.7 Å². The van der Waals surface area contributed by atoms with Crippen LogP contribution in [0.5, 0.6) is 5.75 Å². The monoisotopic (exact) mass is 437 g/mol. The average molecular weight is 438 g/mol. The van der Waals surface area contributed by atoms with E-state index in [9.17, 15) is 12.8 Å². The number of hydrogen-bond acceptors (Lipinski definition) is 7. The van der Waals surface area contributed by atoms with Crippen molar-refractivity contribution in [3.05, 3.63) is 59.5 Å². The predicted octanol–water partition coefficient (Wildman–Crippen LogP) is 4.14. The molecule has 0 amide bonds. The Balaban J connectivity index is 1.86. The van der Waals surface area contributed by atoms with Crippen molar-refractivity contribution in [2.45, 2.75) is 0 Å². The second-order valence-electron chi connectivity index (χ2n) is 5.91. The van der Waals surface area contributed by atoms with Crippen LogP contribution in [0.3, 0.4) is 0 Å². The maximum atomic E-state index is 14.2. The number of halogens is 2. The molecule has 0 unspecified atom stereocenters. The summed E-state index contributed by atoms with van der Waals surface area (Å²) in [4.78, 5) is 8.02. The molecule has 8 nitrogen and oxygen atoms in total. The van der Waals surface area contributed by atoms with Crippen molar-refractivity contribution in [2.75, 3.05) is 28.7 Å². The van der Waals surface area contributed by atoms with Gasteiger partial charge in [-0.25, -0.2) is 17.8 Å². The first-order chi connectivity index (χ1) is 13.7. The molecule has 29 heavy (non-hydrogen) atoms. The van der Waals surface area contributed by atoms with Crippen molar-refractivity contribution in [1.29, 1.82) is 0 Å². The molecule has 1 heterocycles. The Hall–Kier alpha value is -3.11. The largest absolute Gasteiger partial charge is 0.495 e. The lowest BCUT2D eigenvalue weighted by atomic mass is 10.2. The number of sulfonamides is 1. The van der Waals surface area contributed by atoms with Gasteiger partial charge in [0.05, 0.1) is 36.0 Å². The molecule has 0 bridgehead atoms. The molecule has 0 aliphatic carbocycles. The van der Waals surface area contributed by atoms with Gasteiger partial charge in [-0.2, -0.15) is 4.98 Å². The highest BCUT2D eigenvalue weighted by molar-refractivity contribution is 7.92. The predicted molar refractivity (Wildman–Crippen MR) is 111 cm³/mol. The quantitative estimate of drug-likeness (QED) is 0.510. The van der Waals surface area contributed by atoms with Gasteiger partial charge in [0.15, 0.2) is 11.6 Å². The van der Waals surface area contributed by atoms with Gasteiger partial charge in [0.25, 0.3) is 0 Å². The number of methoxy groups -OCH3 is 1. The summed E-state index contributed by atoms with van der Waals surface area (Å²) in [7, 11) is -2.01. The second kappa shape index (κ2) is 8.50. The van der Waals surface area contributed by atoms with Crippen LogP contribution in [0, 0.1) is 5.82 Å². The van der Waals surface area contributed by atoms with Crippen molar-refractivity contribution in [2.24, 2.45) is 0 Å². The van der Waals surface area contributed by atoms with E-state index in [-0.39, 0.29) is 17.5 Å². The number of hydrogen-bond donors (Lipinski definition) is 3. The van der Waals surface area contributed by atoms with Crippen LogP contribution in [0.2, 0.25) is 5.02 Å². The number of anilines is 5. The summed E-state index contributed by atoms with van der Waals surface area (Å²) in [5, 5.41) is 6.09. The lowest BCUT2D eigenvalue weighted by Crippen LogP contribution is -2.11. The van der Waals surface area contributed by atoms with Crippen LogP contribution in [0.25, 0.3) is 0 Å². The molecule has 3 rings (SSSR count). The second-order valence-corrected chi connectivity index (χ2v) is 8.06. The van der Waals surface area contributed by atoms with Gasteiger partial charge in [-0.3, -0.25) is 4.72 Å². The summed E-state index contributed by atoms with van der Waals surface area (Å²) in [5.41, 5.74) is 1.16. The topological polar surface area (TPSA) is 105 Å². The summed E-state index contributed by atoms with van der Waals surface area (Å²) >= 11 is 6.10. The molecule has 0 aliphatic heterocycles. The summed E-state index contributed by atoms with van der Waals surface area (Å²) in [6, 6.07) is 11.4. The Kier molecular flexibility index (Phi) is 6.04. The van der Waals surface area contributed by atoms with Gasteiger partial charge in [0.2, 0.25) is 16.0 Å². The summed E-state index contributed by atoms with van der Waals surface area (Å²) in [5.74, 6) is -0.222. The van der Waals surface area contributed by atoms with Gasteiger partial charge >= 0.3 is 0 Å². The molecule has 3 aromatic rings. The van der Waals surface area contributed by atoms with Crippen LogP contribution in [-0.4, -0.2) is 31.8 Å². The number of aromatic nitrogens is 2. The van der Waals surface area contributed by atoms with E-state index >= 15 is 0 Å². The SMILES string of the molecule is COc1ccc(Nc2ncc(F)c(Nc3ccccc3NS(C)(=O)=O)n2)cc1Cl. The first-order valence-electron chi connectivity index (χ1n) is 8.22. The summed E-state index contributed by atoms with van der Waals surface area (Å²) in [6.45, 7) is 0. The van der Waals surface area contributed by atoms with Crippen molar-refractivity contribution < 1.29 is 17.5 Å². The molecule has 3 N–H and O–H groups in total. The number of ether oxygens (including phenoxy) is 1. The molecule has 0 saturated carbocycles. The maximum absolute atomic E-state index is 14.2. The van der Waals surface area contributed by atoms with E-state index < -0.39 is 15.8 Å². The molecular weight excluding hydrogens is 421 g/mol. The first kappa shape index (κ1) is 20.6. The fourth-order valence-electron chi connectivity index (χ4n) is 2.40. The standard InChI is InChI=1S/C18H17ClFN5O3S/c1-28-16-8-7-11(9-12(16)19)22-18-21-10-13(20)17(24-18)23-14-5-3-4-6-15(14)25-29(2,26)27/h3-10,25H,1-2H3,(H2,21,22,23,24). The third-order valence-electron chi connectivity index (χ3n) is 3.63. The lowest BCUT2D eigenvalue weighted by Gasteiger charge is -2.13. The minimum atomic E-state index is -3.51. The van der Waals surface area contributed by atoms with Crippen LogP contribution >= 0.6 is 11.6 Å². The molecule has 0 saturated heterocycles. The molecule has 11 heteroatoms. The van der Waals surface area contributed by atoms with Gasteiger partial charge in [-0.15, -0.1) is 0 Å². The zero-order valence-electron chi connectivity index (χ0n) is 15.4. The Morgan fingerprint density at radius 1 is 1.10 bits per heavy atom. The highest BCUT2D eigenvalue weighted by Crippen LogP contribution is 2.29. The van der Waals surface area contributed by atoms with E-state index in [1.807, 2.05) is 0 Å². The van der Waals surface area contributed by atoms with Crippen LogP contribution < -0.4 is 20.1 Å². The maximum Gasteiger partial charge on any atom is 0.229 e. The van der Waals surface area contributed by atoms with Crippen LogP contribution in [0.1, 0.15) is 0 Å². The van der Waals surface area contributed by atoms with E-state index in [0.29, 0.717) is 22.1 Å². The normalized spacial score (nSPS) is 11.0. The zero-order chi connectivity index (χ0) is 21.0. The van der Waals surface area contributed by atoms with Gasteiger partial charge < -0.3 is 15.4 Å².